The lowest BCUT2D eigenvalue weighted by molar-refractivity contribution is 0.251. The molecule has 0 saturated carbocycles. The second-order valence-corrected chi connectivity index (χ2v) is 5.36. The second kappa shape index (κ2) is 5.99. The normalized spacial score (nSPS) is 11.0. The highest BCUT2D eigenvalue weighted by Gasteiger charge is 2.11. The average Bonchev–Trinajstić information content (AvgIpc) is 2.95. The molecule has 0 unspecified atom stereocenters. The second-order valence-electron chi connectivity index (χ2n) is 5.36. The highest BCUT2D eigenvalue weighted by molar-refractivity contribution is 5.88. The Kier molecular flexibility index (Phi) is 4.30. The van der Waals surface area contributed by atoms with Crippen molar-refractivity contribution in [1.82, 2.24) is 24.9 Å². The van der Waals surface area contributed by atoms with Crippen LogP contribution in [0.3, 0.4) is 0 Å². The van der Waals surface area contributed by atoms with Crippen LogP contribution in [0.15, 0.2) is 12.3 Å². The van der Waals surface area contributed by atoms with E-state index in [0.717, 1.165) is 17.0 Å². The minimum absolute atomic E-state index is 0.268. The molecule has 7 nitrogen and oxygen atoms in total. The van der Waals surface area contributed by atoms with Crippen molar-refractivity contribution in [2.24, 2.45) is 7.05 Å². The maximum Gasteiger partial charge on any atom is 0.320 e. The number of hydrogen-bond acceptors (Lipinski definition) is 3. The maximum atomic E-state index is 11.9. The largest absolute Gasteiger partial charge is 0.334 e. The Hall–Kier alpha value is -2.31. The monoisotopic (exact) mass is 290 g/mol. The summed E-state index contributed by atoms with van der Waals surface area (Å²) in [6.07, 6.45) is 1.84. The molecule has 0 spiro atoms. The number of hydrogen-bond donors (Lipinski definition) is 2. The summed E-state index contributed by atoms with van der Waals surface area (Å²) in [6, 6.07) is 1.77. The van der Waals surface area contributed by atoms with E-state index in [4.69, 9.17) is 0 Å². The van der Waals surface area contributed by atoms with Gasteiger partial charge < -0.3 is 5.32 Å². The van der Waals surface area contributed by atoms with E-state index < -0.39 is 0 Å². The van der Waals surface area contributed by atoms with Crippen molar-refractivity contribution in [3.63, 3.8) is 0 Å². The minimum Gasteiger partial charge on any atom is -0.334 e. The maximum absolute atomic E-state index is 11.9. The Morgan fingerprint density at radius 1 is 1.33 bits per heavy atom. The summed E-state index contributed by atoms with van der Waals surface area (Å²) in [6.45, 7) is 8.43. The Labute approximate surface area is 124 Å². The van der Waals surface area contributed by atoms with Crippen LogP contribution in [0.5, 0.6) is 0 Å². The van der Waals surface area contributed by atoms with Gasteiger partial charge in [-0.15, -0.1) is 0 Å². The summed E-state index contributed by atoms with van der Waals surface area (Å²) in [4.78, 5) is 11.9. The lowest BCUT2D eigenvalue weighted by Gasteiger charge is -2.07. The number of nitrogens with zero attached hydrogens (tertiary/aromatic N) is 4. The SMILES string of the molecule is Cc1nn(C)c(C)c1CNC(=O)Nc1ccn(C(C)C)n1. The molecule has 0 aliphatic carbocycles. The van der Waals surface area contributed by atoms with E-state index >= 15 is 0 Å². The molecule has 0 aliphatic rings. The van der Waals surface area contributed by atoms with Crippen LogP contribution >= 0.6 is 0 Å². The molecule has 0 bridgehead atoms. The number of urea groups is 1. The minimum atomic E-state index is -0.272. The van der Waals surface area contributed by atoms with Gasteiger partial charge in [0.15, 0.2) is 5.82 Å². The standard InChI is InChI=1S/C14H22N6O/c1-9(2)20-7-6-13(18-20)16-14(21)15-8-12-10(3)17-19(5)11(12)4/h6-7,9H,8H2,1-5H3,(H2,15,16,18,21). The van der Waals surface area contributed by atoms with Crippen LogP contribution in [0.4, 0.5) is 10.6 Å². The third-order valence-corrected chi connectivity index (χ3v) is 3.46. The van der Waals surface area contributed by atoms with E-state index in [1.165, 1.54) is 0 Å². The van der Waals surface area contributed by atoms with Gasteiger partial charge in [-0.2, -0.15) is 10.2 Å². The smallest absolute Gasteiger partial charge is 0.320 e. The van der Waals surface area contributed by atoms with E-state index in [2.05, 4.69) is 20.8 Å². The molecular formula is C14H22N6O. The lowest BCUT2D eigenvalue weighted by atomic mass is 10.2. The molecule has 21 heavy (non-hydrogen) atoms. The van der Waals surface area contributed by atoms with Crippen molar-refractivity contribution in [1.29, 1.82) is 0 Å². The van der Waals surface area contributed by atoms with E-state index in [0.29, 0.717) is 12.4 Å². The summed E-state index contributed by atoms with van der Waals surface area (Å²) in [7, 11) is 1.89. The molecule has 2 N–H and O–H groups in total. The van der Waals surface area contributed by atoms with Crippen LogP contribution in [-0.2, 0) is 13.6 Å². The quantitative estimate of drug-likeness (QED) is 0.905. The molecule has 0 saturated heterocycles. The molecule has 0 aromatic carbocycles. The number of rotatable bonds is 4. The van der Waals surface area contributed by atoms with E-state index in [1.807, 2.05) is 45.6 Å². The average molecular weight is 290 g/mol. The molecule has 0 fully saturated rings. The van der Waals surface area contributed by atoms with Crippen LogP contribution in [0.2, 0.25) is 0 Å². The third kappa shape index (κ3) is 3.42. The van der Waals surface area contributed by atoms with Gasteiger partial charge in [0.25, 0.3) is 0 Å². The molecule has 0 aliphatic heterocycles. The van der Waals surface area contributed by atoms with Crippen LogP contribution < -0.4 is 10.6 Å². The van der Waals surface area contributed by atoms with E-state index in [1.54, 1.807) is 10.7 Å². The van der Waals surface area contributed by atoms with Gasteiger partial charge in [0.2, 0.25) is 0 Å². The molecule has 2 aromatic heterocycles. The van der Waals surface area contributed by atoms with Gasteiger partial charge in [-0.1, -0.05) is 0 Å². The molecular weight excluding hydrogens is 268 g/mol. The summed E-state index contributed by atoms with van der Waals surface area (Å²) in [5, 5.41) is 14.1. The van der Waals surface area contributed by atoms with Gasteiger partial charge >= 0.3 is 6.03 Å². The van der Waals surface area contributed by atoms with Crippen LogP contribution in [-0.4, -0.2) is 25.6 Å². The molecule has 114 valence electrons. The highest BCUT2D eigenvalue weighted by atomic mass is 16.2. The van der Waals surface area contributed by atoms with E-state index in [9.17, 15) is 4.79 Å². The molecule has 7 heteroatoms. The number of nitrogens with one attached hydrogen (secondary N) is 2. The zero-order valence-electron chi connectivity index (χ0n) is 13.1. The zero-order valence-corrected chi connectivity index (χ0v) is 13.1. The summed E-state index contributed by atoms with van der Waals surface area (Å²) in [5.74, 6) is 0.542. The van der Waals surface area contributed by atoms with Crippen molar-refractivity contribution < 1.29 is 4.79 Å². The highest BCUT2D eigenvalue weighted by Crippen LogP contribution is 2.11. The first-order chi connectivity index (χ1) is 9.88. The predicted octanol–water partition coefficient (Wildman–Crippen LogP) is 2.14. The van der Waals surface area contributed by atoms with Crippen molar-refractivity contribution >= 4 is 11.8 Å². The molecule has 2 heterocycles. The topological polar surface area (TPSA) is 76.8 Å². The number of aryl methyl sites for hydroxylation is 2. The number of amides is 2. The van der Waals surface area contributed by atoms with Crippen molar-refractivity contribution in [3.8, 4) is 0 Å². The predicted molar refractivity (Wildman–Crippen MR) is 81.2 cm³/mol. The first kappa shape index (κ1) is 15.1. The van der Waals surface area contributed by atoms with Crippen LogP contribution in [0.25, 0.3) is 0 Å². The van der Waals surface area contributed by atoms with Crippen LogP contribution in [0.1, 0.15) is 36.8 Å². The van der Waals surface area contributed by atoms with Crippen LogP contribution in [0, 0.1) is 13.8 Å². The number of carbonyl (C=O) groups is 1. The fourth-order valence-corrected chi connectivity index (χ4v) is 2.09. The van der Waals surface area contributed by atoms with Gasteiger partial charge in [0.05, 0.1) is 5.69 Å². The Balaban J connectivity index is 1.92. The molecule has 2 aromatic rings. The summed E-state index contributed by atoms with van der Waals surface area (Å²) >= 11 is 0. The Morgan fingerprint density at radius 3 is 2.57 bits per heavy atom. The summed E-state index contributed by atoms with van der Waals surface area (Å²) < 4.78 is 3.61. The van der Waals surface area contributed by atoms with Gasteiger partial charge in [0, 0.05) is 43.2 Å². The zero-order chi connectivity index (χ0) is 15.6. The van der Waals surface area contributed by atoms with Crippen molar-refractivity contribution in [3.05, 3.63) is 29.2 Å². The molecule has 0 radical (unpaired) electrons. The number of carbonyl (C=O) groups excluding carboxylic acids is 1. The molecule has 2 amide bonds. The molecule has 0 atom stereocenters. The fraction of sp³-hybridized carbons (Fsp3) is 0.500. The van der Waals surface area contributed by atoms with Gasteiger partial charge in [-0.3, -0.25) is 14.7 Å². The summed E-state index contributed by atoms with van der Waals surface area (Å²) in [5.41, 5.74) is 3.02. The third-order valence-electron chi connectivity index (χ3n) is 3.46. The first-order valence-corrected chi connectivity index (χ1v) is 6.97. The van der Waals surface area contributed by atoms with E-state index in [-0.39, 0.29) is 12.1 Å². The van der Waals surface area contributed by atoms with Gasteiger partial charge in [-0.05, 0) is 27.7 Å². The fourth-order valence-electron chi connectivity index (χ4n) is 2.09. The molecule has 2 rings (SSSR count). The first-order valence-electron chi connectivity index (χ1n) is 6.97. The van der Waals surface area contributed by atoms with Crippen molar-refractivity contribution in [2.45, 2.75) is 40.3 Å². The van der Waals surface area contributed by atoms with Gasteiger partial charge in [-0.25, -0.2) is 4.79 Å². The lowest BCUT2D eigenvalue weighted by Crippen LogP contribution is -2.28. The Morgan fingerprint density at radius 2 is 2.05 bits per heavy atom. The number of aromatic nitrogens is 4. The van der Waals surface area contributed by atoms with Gasteiger partial charge in [0.1, 0.15) is 0 Å². The van der Waals surface area contributed by atoms with Crippen molar-refractivity contribution in [2.75, 3.05) is 5.32 Å². The Bertz CT molecular complexity index is 640. The number of anilines is 1.